The van der Waals surface area contributed by atoms with Gasteiger partial charge in [-0.15, -0.1) is 0 Å². The van der Waals surface area contributed by atoms with Crippen LogP contribution in [0.15, 0.2) is 24.3 Å². The van der Waals surface area contributed by atoms with Crippen LogP contribution in [0.2, 0.25) is 0 Å². The lowest BCUT2D eigenvalue weighted by molar-refractivity contribution is 0.574. The monoisotopic (exact) mass is 255 g/mol. The number of piperidine rings is 1. The van der Waals surface area contributed by atoms with Crippen molar-refractivity contribution in [3.63, 3.8) is 0 Å². The van der Waals surface area contributed by atoms with Gasteiger partial charge in [-0.3, -0.25) is 0 Å². The zero-order valence-electron chi connectivity index (χ0n) is 10.6. The summed E-state index contributed by atoms with van der Waals surface area (Å²) in [5.74, 6) is 0.492. The maximum absolute atomic E-state index is 13.3. The molecule has 4 heteroatoms. The van der Waals surface area contributed by atoms with Gasteiger partial charge in [-0.05, 0) is 43.5 Å². The SMILES string of the molecule is N#Cc1cc(N2CCCCC2)nc2ccc(F)cc12. The summed E-state index contributed by atoms with van der Waals surface area (Å²) in [6, 6.07) is 8.31. The van der Waals surface area contributed by atoms with E-state index >= 15 is 0 Å². The van der Waals surface area contributed by atoms with Crippen molar-refractivity contribution in [2.75, 3.05) is 18.0 Å². The lowest BCUT2D eigenvalue weighted by atomic mass is 10.1. The second-order valence-electron chi connectivity index (χ2n) is 4.85. The Kier molecular flexibility index (Phi) is 3.04. The minimum absolute atomic E-state index is 0.337. The van der Waals surface area contributed by atoms with Crippen LogP contribution < -0.4 is 4.90 Å². The molecule has 0 unspecified atom stereocenters. The van der Waals surface area contributed by atoms with Crippen molar-refractivity contribution >= 4 is 16.7 Å². The molecule has 0 amide bonds. The third-order valence-electron chi connectivity index (χ3n) is 3.56. The maximum Gasteiger partial charge on any atom is 0.130 e. The summed E-state index contributed by atoms with van der Waals surface area (Å²) < 4.78 is 13.3. The lowest BCUT2D eigenvalue weighted by Gasteiger charge is -2.28. The van der Waals surface area contributed by atoms with E-state index < -0.39 is 0 Å². The molecule has 96 valence electrons. The quantitative estimate of drug-likeness (QED) is 0.785. The first kappa shape index (κ1) is 11.9. The zero-order chi connectivity index (χ0) is 13.2. The second kappa shape index (κ2) is 4.85. The van der Waals surface area contributed by atoms with E-state index in [4.69, 9.17) is 0 Å². The Morgan fingerprint density at radius 3 is 2.68 bits per heavy atom. The van der Waals surface area contributed by atoms with Crippen molar-refractivity contribution in [3.05, 3.63) is 35.6 Å². The van der Waals surface area contributed by atoms with Crippen molar-refractivity contribution in [1.82, 2.24) is 4.98 Å². The highest BCUT2D eigenvalue weighted by molar-refractivity contribution is 5.86. The van der Waals surface area contributed by atoms with Gasteiger partial charge < -0.3 is 4.90 Å². The van der Waals surface area contributed by atoms with E-state index in [1.807, 2.05) is 0 Å². The zero-order valence-corrected chi connectivity index (χ0v) is 10.6. The van der Waals surface area contributed by atoms with E-state index in [0.29, 0.717) is 16.5 Å². The molecule has 0 atom stereocenters. The molecule has 0 saturated carbocycles. The number of halogens is 1. The van der Waals surface area contributed by atoms with Gasteiger partial charge in [0.1, 0.15) is 11.6 Å². The Bertz CT molecular complexity index is 654. The van der Waals surface area contributed by atoms with E-state index in [9.17, 15) is 9.65 Å². The van der Waals surface area contributed by atoms with Gasteiger partial charge in [-0.1, -0.05) is 0 Å². The third kappa shape index (κ3) is 2.24. The molecule has 1 saturated heterocycles. The number of rotatable bonds is 1. The first-order valence-corrected chi connectivity index (χ1v) is 6.53. The van der Waals surface area contributed by atoms with Gasteiger partial charge in [0.15, 0.2) is 0 Å². The fourth-order valence-corrected chi connectivity index (χ4v) is 2.56. The highest BCUT2D eigenvalue weighted by atomic mass is 19.1. The number of nitriles is 1. The van der Waals surface area contributed by atoms with Crippen molar-refractivity contribution in [2.24, 2.45) is 0 Å². The van der Waals surface area contributed by atoms with Gasteiger partial charge in [-0.25, -0.2) is 9.37 Å². The molecule has 0 aliphatic carbocycles. The maximum atomic E-state index is 13.3. The molecule has 2 heterocycles. The van der Waals surface area contributed by atoms with Gasteiger partial charge in [0.25, 0.3) is 0 Å². The number of pyridine rings is 1. The summed E-state index contributed by atoms with van der Waals surface area (Å²) in [6.07, 6.45) is 3.57. The Morgan fingerprint density at radius 1 is 1.16 bits per heavy atom. The molecule has 0 radical (unpaired) electrons. The third-order valence-corrected chi connectivity index (χ3v) is 3.56. The van der Waals surface area contributed by atoms with Crippen LogP contribution in [0, 0.1) is 17.1 Å². The topological polar surface area (TPSA) is 39.9 Å². The van der Waals surface area contributed by atoms with Gasteiger partial charge >= 0.3 is 0 Å². The standard InChI is InChI=1S/C15H14FN3/c16-12-4-5-14-13(9-12)11(10-17)8-15(18-14)19-6-2-1-3-7-19/h4-5,8-9H,1-3,6-7H2. The molecule has 1 aromatic carbocycles. The van der Waals surface area contributed by atoms with E-state index in [0.717, 1.165) is 31.7 Å². The first-order valence-electron chi connectivity index (χ1n) is 6.53. The summed E-state index contributed by atoms with van der Waals surface area (Å²) in [5, 5.41) is 9.82. The summed E-state index contributed by atoms with van der Waals surface area (Å²) in [5.41, 5.74) is 1.17. The van der Waals surface area contributed by atoms with Gasteiger partial charge in [0.2, 0.25) is 0 Å². The van der Waals surface area contributed by atoms with Gasteiger partial charge in [-0.2, -0.15) is 5.26 Å². The van der Waals surface area contributed by atoms with Crippen LogP contribution in [0.1, 0.15) is 24.8 Å². The second-order valence-corrected chi connectivity index (χ2v) is 4.85. The number of benzene rings is 1. The van der Waals surface area contributed by atoms with E-state index in [-0.39, 0.29) is 5.82 Å². The van der Waals surface area contributed by atoms with Gasteiger partial charge in [0.05, 0.1) is 17.1 Å². The average molecular weight is 255 g/mol. The van der Waals surface area contributed by atoms with Crippen LogP contribution in [0.25, 0.3) is 10.9 Å². The smallest absolute Gasteiger partial charge is 0.130 e. The Hall–Kier alpha value is -2.15. The Balaban J connectivity index is 2.12. The Morgan fingerprint density at radius 2 is 1.95 bits per heavy atom. The molecular formula is C15H14FN3. The minimum Gasteiger partial charge on any atom is -0.357 e. The van der Waals surface area contributed by atoms with Crippen molar-refractivity contribution < 1.29 is 4.39 Å². The molecule has 3 rings (SSSR count). The largest absolute Gasteiger partial charge is 0.357 e. The molecule has 19 heavy (non-hydrogen) atoms. The van der Waals surface area contributed by atoms with Crippen LogP contribution in [0.5, 0.6) is 0 Å². The van der Waals surface area contributed by atoms with Crippen LogP contribution >= 0.6 is 0 Å². The Labute approximate surface area is 111 Å². The predicted octanol–water partition coefficient (Wildman–Crippen LogP) is 3.24. The number of hydrogen-bond acceptors (Lipinski definition) is 3. The molecule has 0 N–H and O–H groups in total. The molecule has 0 spiro atoms. The lowest BCUT2D eigenvalue weighted by Crippen LogP contribution is -2.30. The summed E-state index contributed by atoms with van der Waals surface area (Å²) in [6.45, 7) is 1.95. The number of nitrogens with zero attached hydrogens (tertiary/aromatic N) is 3. The number of fused-ring (bicyclic) bond motifs is 1. The van der Waals surface area contributed by atoms with Crippen molar-refractivity contribution in [1.29, 1.82) is 5.26 Å². The number of hydrogen-bond donors (Lipinski definition) is 0. The minimum atomic E-state index is -0.337. The fourth-order valence-electron chi connectivity index (χ4n) is 2.56. The van der Waals surface area contributed by atoms with Gasteiger partial charge in [0, 0.05) is 18.5 Å². The molecule has 3 nitrogen and oxygen atoms in total. The van der Waals surface area contributed by atoms with E-state index in [1.54, 1.807) is 12.1 Å². The first-order chi connectivity index (χ1) is 9.28. The molecule has 0 bridgehead atoms. The fraction of sp³-hybridized carbons (Fsp3) is 0.333. The van der Waals surface area contributed by atoms with Crippen LogP contribution in [0.4, 0.5) is 10.2 Å². The number of aromatic nitrogens is 1. The van der Waals surface area contributed by atoms with Crippen LogP contribution in [-0.2, 0) is 0 Å². The van der Waals surface area contributed by atoms with Crippen molar-refractivity contribution in [2.45, 2.75) is 19.3 Å². The van der Waals surface area contributed by atoms with Crippen molar-refractivity contribution in [3.8, 4) is 6.07 Å². The summed E-state index contributed by atoms with van der Waals surface area (Å²) in [4.78, 5) is 6.76. The average Bonchev–Trinajstić information content (AvgIpc) is 2.47. The summed E-state index contributed by atoms with van der Waals surface area (Å²) in [7, 11) is 0. The molecule has 1 aromatic heterocycles. The van der Waals surface area contributed by atoms with Crippen LogP contribution in [-0.4, -0.2) is 18.1 Å². The highest BCUT2D eigenvalue weighted by Crippen LogP contribution is 2.25. The van der Waals surface area contributed by atoms with E-state index in [2.05, 4.69) is 16.0 Å². The molecule has 1 fully saturated rings. The summed E-state index contributed by atoms with van der Waals surface area (Å²) >= 11 is 0. The van der Waals surface area contributed by atoms with Crippen LogP contribution in [0.3, 0.4) is 0 Å². The number of anilines is 1. The van der Waals surface area contributed by atoms with E-state index in [1.165, 1.54) is 18.6 Å². The molecular weight excluding hydrogens is 241 g/mol. The predicted molar refractivity (Wildman–Crippen MR) is 72.5 cm³/mol. The molecule has 1 aliphatic heterocycles. The molecule has 1 aliphatic rings. The molecule has 2 aromatic rings. The highest BCUT2D eigenvalue weighted by Gasteiger charge is 2.14. The normalized spacial score (nSPS) is 15.5.